The van der Waals surface area contributed by atoms with E-state index >= 15 is 0 Å². The van der Waals surface area contributed by atoms with Gasteiger partial charge in [0.15, 0.2) is 5.65 Å². The van der Waals surface area contributed by atoms with Gasteiger partial charge in [0.25, 0.3) is 11.8 Å². The fraction of sp³-hybridized carbons (Fsp3) is 0.320. The van der Waals surface area contributed by atoms with Crippen LogP contribution in [0.25, 0.3) is 21.9 Å². The van der Waals surface area contributed by atoms with Crippen molar-refractivity contribution in [3.8, 4) is 5.88 Å². The molecule has 0 spiro atoms. The fourth-order valence-electron chi connectivity index (χ4n) is 4.58. The minimum absolute atomic E-state index is 0.0491. The van der Waals surface area contributed by atoms with Gasteiger partial charge >= 0.3 is 0 Å². The third kappa shape index (κ3) is 4.64. The molecule has 1 saturated carbocycles. The summed E-state index contributed by atoms with van der Waals surface area (Å²) >= 11 is 0. The monoisotopic (exact) mass is 476 g/mol. The van der Waals surface area contributed by atoms with Crippen molar-refractivity contribution in [3.05, 3.63) is 59.7 Å². The molecule has 10 heteroatoms. The van der Waals surface area contributed by atoms with Gasteiger partial charge in [-0.3, -0.25) is 19.3 Å². The summed E-state index contributed by atoms with van der Waals surface area (Å²) in [6.07, 6.45) is 5.29. The van der Waals surface area contributed by atoms with Crippen molar-refractivity contribution in [1.29, 1.82) is 0 Å². The summed E-state index contributed by atoms with van der Waals surface area (Å²) in [7, 11) is 1.77. The van der Waals surface area contributed by atoms with Crippen molar-refractivity contribution in [3.63, 3.8) is 0 Å². The van der Waals surface area contributed by atoms with Gasteiger partial charge in [0.2, 0.25) is 5.88 Å². The molecule has 3 N–H and O–H groups in total. The molecule has 0 unspecified atom stereocenters. The van der Waals surface area contributed by atoms with Crippen LogP contribution in [0.2, 0.25) is 0 Å². The Morgan fingerprint density at radius 1 is 1.23 bits per heavy atom. The Kier molecular flexibility index (Phi) is 5.80. The smallest absolute Gasteiger partial charge is 0.254 e. The summed E-state index contributed by atoms with van der Waals surface area (Å²) < 4.78 is 21.1. The van der Waals surface area contributed by atoms with E-state index in [1.54, 1.807) is 36.1 Å². The Morgan fingerprint density at radius 2 is 2.03 bits per heavy atom. The number of fused-ring (bicyclic) bond motifs is 2. The molecule has 1 aliphatic rings. The van der Waals surface area contributed by atoms with Crippen LogP contribution in [0.15, 0.2) is 42.7 Å². The molecule has 0 bridgehead atoms. The first-order valence-electron chi connectivity index (χ1n) is 11.4. The molecule has 1 atom stereocenters. The zero-order valence-corrected chi connectivity index (χ0v) is 19.4. The van der Waals surface area contributed by atoms with E-state index in [1.807, 2.05) is 6.92 Å². The highest BCUT2D eigenvalue weighted by atomic mass is 19.1. The number of ether oxygens (including phenoxy) is 1. The Labute approximate surface area is 200 Å². The largest absolute Gasteiger partial charge is 0.474 e. The molecular weight excluding hydrogens is 451 g/mol. The van der Waals surface area contributed by atoms with E-state index in [2.05, 4.69) is 20.4 Å². The number of carbonyl (C=O) groups excluding carboxylic acids is 2. The number of amides is 2. The van der Waals surface area contributed by atoms with Gasteiger partial charge in [-0.15, -0.1) is 0 Å². The minimum Gasteiger partial charge on any atom is -0.474 e. The van der Waals surface area contributed by atoms with Gasteiger partial charge in [-0.25, -0.2) is 4.39 Å². The van der Waals surface area contributed by atoms with E-state index in [-0.39, 0.29) is 35.3 Å². The molecule has 0 radical (unpaired) electrons. The second kappa shape index (κ2) is 8.94. The number of nitrogens with two attached hydrogens (primary N) is 1. The van der Waals surface area contributed by atoms with Gasteiger partial charge in [-0.2, -0.15) is 10.1 Å². The van der Waals surface area contributed by atoms with E-state index in [4.69, 9.17) is 10.5 Å². The SMILES string of the molecule is C[C@@H](CC1CC(NC(=O)c2cnc3ccc(F)cc3c2)C1)Oc1nc2c(cnn2C)cc1C(N)=O. The number of hydrogen-bond donors (Lipinski definition) is 2. The van der Waals surface area contributed by atoms with Crippen LogP contribution in [0.4, 0.5) is 4.39 Å². The number of rotatable bonds is 7. The number of aromatic nitrogens is 4. The normalized spacial score (nSPS) is 18.3. The average Bonchev–Trinajstić information content (AvgIpc) is 3.16. The summed E-state index contributed by atoms with van der Waals surface area (Å²) in [6.45, 7) is 1.92. The van der Waals surface area contributed by atoms with E-state index in [9.17, 15) is 14.0 Å². The van der Waals surface area contributed by atoms with Crippen LogP contribution in [-0.4, -0.2) is 43.7 Å². The van der Waals surface area contributed by atoms with Gasteiger partial charge in [0.05, 0.1) is 23.4 Å². The Morgan fingerprint density at radius 3 is 2.80 bits per heavy atom. The van der Waals surface area contributed by atoms with Crippen molar-refractivity contribution in [2.24, 2.45) is 18.7 Å². The van der Waals surface area contributed by atoms with E-state index in [0.717, 1.165) is 19.3 Å². The maximum Gasteiger partial charge on any atom is 0.254 e. The Bertz CT molecular complexity index is 1450. The predicted octanol–water partition coefficient (Wildman–Crippen LogP) is 3.12. The topological polar surface area (TPSA) is 125 Å². The van der Waals surface area contributed by atoms with Gasteiger partial charge in [0.1, 0.15) is 11.4 Å². The molecule has 35 heavy (non-hydrogen) atoms. The number of carbonyl (C=O) groups is 2. The highest BCUT2D eigenvalue weighted by molar-refractivity contribution is 5.98. The molecule has 1 aromatic carbocycles. The van der Waals surface area contributed by atoms with Crippen LogP contribution in [0.5, 0.6) is 5.88 Å². The lowest BCUT2D eigenvalue weighted by atomic mass is 9.77. The molecule has 3 heterocycles. The fourth-order valence-corrected chi connectivity index (χ4v) is 4.58. The zero-order chi connectivity index (χ0) is 24.7. The second-order valence-electron chi connectivity index (χ2n) is 9.12. The van der Waals surface area contributed by atoms with Crippen LogP contribution in [-0.2, 0) is 7.05 Å². The number of aryl methyl sites for hydroxylation is 1. The van der Waals surface area contributed by atoms with Gasteiger partial charge in [-0.05, 0) is 62.4 Å². The quantitative estimate of drug-likeness (QED) is 0.422. The maximum absolute atomic E-state index is 13.5. The van der Waals surface area contributed by atoms with E-state index in [0.29, 0.717) is 33.4 Å². The number of hydrogen-bond acceptors (Lipinski definition) is 6. The molecular formula is C25H25FN6O3. The van der Waals surface area contributed by atoms with Crippen LogP contribution in [0.3, 0.4) is 0 Å². The number of halogens is 1. The first kappa shape index (κ1) is 22.7. The van der Waals surface area contributed by atoms with E-state index < -0.39 is 5.91 Å². The lowest BCUT2D eigenvalue weighted by Crippen LogP contribution is -2.45. The number of pyridine rings is 2. The highest BCUT2D eigenvalue weighted by Crippen LogP contribution is 2.33. The zero-order valence-electron chi connectivity index (χ0n) is 19.4. The standard InChI is InChI=1S/C25H25FN6O3/c1-13(35-25-20(22(27)33)10-16-12-29-32(2)23(16)31-25)5-14-6-19(7-14)30-24(34)17-8-15-9-18(26)3-4-21(15)28-11-17/h3-4,8-14,19H,5-7H2,1-2H3,(H2,27,33)(H,30,34)/t13-,14?,19?/m0/s1. The second-order valence-corrected chi connectivity index (χ2v) is 9.12. The molecule has 180 valence electrons. The molecule has 5 rings (SSSR count). The van der Waals surface area contributed by atoms with Crippen LogP contribution >= 0.6 is 0 Å². The molecule has 4 aromatic rings. The van der Waals surface area contributed by atoms with Gasteiger partial charge < -0.3 is 15.8 Å². The lowest BCUT2D eigenvalue weighted by Gasteiger charge is -2.37. The summed E-state index contributed by atoms with van der Waals surface area (Å²) in [5.74, 6) is -0.644. The Hall–Kier alpha value is -4.08. The average molecular weight is 477 g/mol. The van der Waals surface area contributed by atoms with Crippen LogP contribution in [0.1, 0.15) is 46.9 Å². The van der Waals surface area contributed by atoms with Crippen molar-refractivity contribution >= 4 is 33.8 Å². The molecule has 2 amide bonds. The summed E-state index contributed by atoms with van der Waals surface area (Å²) in [5, 5.41) is 8.47. The molecule has 1 aliphatic carbocycles. The molecule has 0 saturated heterocycles. The van der Waals surface area contributed by atoms with Crippen LogP contribution in [0, 0.1) is 11.7 Å². The van der Waals surface area contributed by atoms with Crippen molar-refractivity contribution in [1.82, 2.24) is 25.1 Å². The third-order valence-corrected chi connectivity index (χ3v) is 6.39. The summed E-state index contributed by atoms with van der Waals surface area (Å²) in [4.78, 5) is 33.2. The predicted molar refractivity (Wildman–Crippen MR) is 127 cm³/mol. The molecule has 3 aromatic heterocycles. The lowest BCUT2D eigenvalue weighted by molar-refractivity contribution is 0.0847. The Balaban J connectivity index is 1.17. The van der Waals surface area contributed by atoms with Crippen molar-refractivity contribution in [2.75, 3.05) is 0 Å². The third-order valence-electron chi connectivity index (χ3n) is 6.39. The summed E-state index contributed by atoms with van der Waals surface area (Å²) in [5.41, 5.74) is 7.39. The molecule has 9 nitrogen and oxygen atoms in total. The first-order valence-corrected chi connectivity index (χ1v) is 11.4. The van der Waals surface area contributed by atoms with E-state index in [1.165, 1.54) is 18.3 Å². The number of benzene rings is 1. The molecule has 1 fully saturated rings. The molecule has 0 aliphatic heterocycles. The maximum atomic E-state index is 13.5. The van der Waals surface area contributed by atoms with Crippen LogP contribution < -0.4 is 15.8 Å². The highest BCUT2D eigenvalue weighted by Gasteiger charge is 2.32. The summed E-state index contributed by atoms with van der Waals surface area (Å²) in [6, 6.07) is 7.64. The van der Waals surface area contributed by atoms with Crippen molar-refractivity contribution in [2.45, 2.75) is 38.3 Å². The number of primary amides is 1. The number of nitrogens with one attached hydrogen (secondary N) is 1. The van der Waals surface area contributed by atoms with Gasteiger partial charge in [0, 0.05) is 30.1 Å². The van der Waals surface area contributed by atoms with Gasteiger partial charge in [-0.1, -0.05) is 0 Å². The first-order chi connectivity index (χ1) is 16.8. The number of nitrogens with zero attached hydrogens (tertiary/aromatic N) is 4. The van der Waals surface area contributed by atoms with Crippen molar-refractivity contribution < 1.29 is 18.7 Å². The minimum atomic E-state index is -0.609.